The van der Waals surface area contributed by atoms with Crippen molar-refractivity contribution in [3.8, 4) is 0 Å². The average molecular weight is 319 g/mol. The summed E-state index contributed by atoms with van der Waals surface area (Å²) in [6, 6.07) is -0.264. The Hall–Kier alpha value is -2.06. The molecule has 22 heavy (non-hydrogen) atoms. The second kappa shape index (κ2) is 6.37. The molecule has 1 aliphatic carbocycles. The minimum Gasteiger partial charge on any atom is -0.480 e. The molecule has 0 saturated heterocycles. The Balaban J connectivity index is 2.01. The van der Waals surface area contributed by atoms with E-state index in [1.807, 2.05) is 0 Å². The van der Waals surface area contributed by atoms with Crippen molar-refractivity contribution in [1.82, 2.24) is 9.55 Å². The fourth-order valence-electron chi connectivity index (χ4n) is 2.57. The molecule has 1 heterocycles. The summed E-state index contributed by atoms with van der Waals surface area (Å²) in [6.07, 6.45) is -1.03. The van der Waals surface area contributed by atoms with Gasteiger partial charge in [0.05, 0.1) is 5.92 Å². The molecule has 1 fully saturated rings. The van der Waals surface area contributed by atoms with Crippen molar-refractivity contribution in [1.29, 1.82) is 0 Å². The summed E-state index contributed by atoms with van der Waals surface area (Å²) in [5, 5.41) is 11.5. The van der Waals surface area contributed by atoms with Gasteiger partial charge in [-0.2, -0.15) is 13.2 Å². The number of carboxylic acid groups (broad SMARTS) is 1. The zero-order valence-electron chi connectivity index (χ0n) is 11.6. The Morgan fingerprint density at radius 3 is 2.55 bits per heavy atom. The van der Waals surface area contributed by atoms with E-state index in [1.54, 1.807) is 0 Å². The molecule has 9 heteroatoms. The lowest BCUT2D eigenvalue weighted by Crippen LogP contribution is -2.35. The zero-order valence-corrected chi connectivity index (χ0v) is 11.6. The third-order valence-electron chi connectivity index (χ3n) is 3.75. The third-order valence-corrected chi connectivity index (χ3v) is 3.75. The van der Waals surface area contributed by atoms with Crippen LogP contribution in [0.3, 0.4) is 0 Å². The number of aromatic nitrogens is 2. The molecule has 0 spiro atoms. The van der Waals surface area contributed by atoms with Gasteiger partial charge in [-0.3, -0.25) is 14.2 Å². The lowest BCUT2D eigenvalue weighted by atomic mass is 9.85. The van der Waals surface area contributed by atoms with Crippen LogP contribution in [0.4, 0.5) is 19.0 Å². The van der Waals surface area contributed by atoms with Gasteiger partial charge in [0.15, 0.2) is 5.82 Å². The van der Waals surface area contributed by atoms with E-state index in [9.17, 15) is 22.8 Å². The number of hydrogen-bond acceptors (Lipinski definition) is 4. The monoisotopic (exact) mass is 319 g/mol. The van der Waals surface area contributed by atoms with E-state index in [0.29, 0.717) is 12.8 Å². The van der Waals surface area contributed by atoms with Crippen molar-refractivity contribution in [2.75, 3.05) is 5.32 Å². The van der Waals surface area contributed by atoms with Gasteiger partial charge >= 0.3 is 12.1 Å². The summed E-state index contributed by atoms with van der Waals surface area (Å²) in [5.74, 6) is -2.48. The average Bonchev–Trinajstić information content (AvgIpc) is 2.42. The van der Waals surface area contributed by atoms with Gasteiger partial charge in [-0.25, -0.2) is 4.98 Å². The van der Waals surface area contributed by atoms with E-state index >= 15 is 0 Å². The Morgan fingerprint density at radius 1 is 1.36 bits per heavy atom. The highest BCUT2D eigenvalue weighted by atomic mass is 19.4. The number of alkyl halides is 3. The topological polar surface area (TPSA) is 84.2 Å². The number of nitrogens with one attached hydrogen (secondary N) is 1. The number of aliphatic carboxylic acids is 1. The number of hydrogen-bond donors (Lipinski definition) is 2. The van der Waals surface area contributed by atoms with Crippen molar-refractivity contribution in [2.24, 2.45) is 5.92 Å². The summed E-state index contributed by atoms with van der Waals surface area (Å²) in [5.41, 5.74) is -0.595. The van der Waals surface area contributed by atoms with Crippen LogP contribution in [0.15, 0.2) is 17.2 Å². The molecule has 0 aliphatic heterocycles. The molecular formula is C13H16F3N3O3. The Kier molecular flexibility index (Phi) is 4.72. The standard InChI is InChI=1S/C13H16F3N3O3/c14-13(15,16)8-1-3-9(4-2-8)18-11-12(22)19(6-5-17-11)7-10(20)21/h5-6,8-9H,1-4,7H2,(H,17,18)(H,20,21). The zero-order chi connectivity index (χ0) is 16.3. The molecule has 122 valence electrons. The van der Waals surface area contributed by atoms with Gasteiger partial charge in [0.25, 0.3) is 5.56 Å². The second-order valence-corrected chi connectivity index (χ2v) is 5.34. The van der Waals surface area contributed by atoms with E-state index in [1.165, 1.54) is 12.4 Å². The summed E-state index contributed by atoms with van der Waals surface area (Å²) in [7, 11) is 0. The van der Waals surface area contributed by atoms with E-state index < -0.39 is 30.2 Å². The van der Waals surface area contributed by atoms with Crippen molar-refractivity contribution in [2.45, 2.75) is 44.4 Å². The van der Waals surface area contributed by atoms with Crippen molar-refractivity contribution in [3.05, 3.63) is 22.7 Å². The highest BCUT2D eigenvalue weighted by molar-refractivity contribution is 5.66. The molecule has 1 saturated carbocycles. The van der Waals surface area contributed by atoms with Gasteiger partial charge in [0, 0.05) is 18.4 Å². The molecule has 1 aliphatic rings. The maximum absolute atomic E-state index is 12.6. The highest BCUT2D eigenvalue weighted by Gasteiger charge is 2.41. The van der Waals surface area contributed by atoms with Gasteiger partial charge in [0.1, 0.15) is 6.54 Å². The number of carboxylic acids is 1. The van der Waals surface area contributed by atoms with Crippen LogP contribution in [0, 0.1) is 5.92 Å². The molecule has 0 amide bonds. The number of nitrogens with zero attached hydrogens (tertiary/aromatic N) is 2. The van der Waals surface area contributed by atoms with Crippen LogP contribution >= 0.6 is 0 Å². The Morgan fingerprint density at radius 2 is 2.00 bits per heavy atom. The van der Waals surface area contributed by atoms with Crippen LogP contribution < -0.4 is 10.9 Å². The van der Waals surface area contributed by atoms with Gasteiger partial charge in [-0.1, -0.05) is 0 Å². The van der Waals surface area contributed by atoms with Crippen LogP contribution in [0.5, 0.6) is 0 Å². The maximum Gasteiger partial charge on any atom is 0.391 e. The van der Waals surface area contributed by atoms with Gasteiger partial charge in [-0.15, -0.1) is 0 Å². The van der Waals surface area contributed by atoms with E-state index in [2.05, 4.69) is 10.3 Å². The second-order valence-electron chi connectivity index (χ2n) is 5.34. The number of rotatable bonds is 4. The Labute approximate surface area is 124 Å². The number of halogens is 3. The molecule has 0 aromatic carbocycles. The summed E-state index contributed by atoms with van der Waals surface area (Å²) in [6.45, 7) is -0.489. The van der Waals surface area contributed by atoms with Crippen molar-refractivity contribution in [3.63, 3.8) is 0 Å². The molecule has 0 bridgehead atoms. The molecule has 6 nitrogen and oxygen atoms in total. The number of anilines is 1. The predicted octanol–water partition coefficient (Wildman–Crippen LogP) is 1.86. The minimum absolute atomic E-state index is 0.0112. The first-order valence-electron chi connectivity index (χ1n) is 6.88. The fourth-order valence-corrected chi connectivity index (χ4v) is 2.57. The first kappa shape index (κ1) is 16.3. The largest absolute Gasteiger partial charge is 0.480 e. The van der Waals surface area contributed by atoms with Crippen LogP contribution in [0.25, 0.3) is 0 Å². The molecule has 0 unspecified atom stereocenters. The third kappa shape index (κ3) is 3.99. The van der Waals surface area contributed by atoms with Crippen LogP contribution in [0.2, 0.25) is 0 Å². The summed E-state index contributed by atoms with van der Waals surface area (Å²) in [4.78, 5) is 26.5. The molecule has 0 radical (unpaired) electrons. The van der Waals surface area contributed by atoms with E-state index in [-0.39, 0.29) is 24.7 Å². The molecule has 1 aromatic heterocycles. The van der Waals surface area contributed by atoms with Gasteiger partial charge in [0.2, 0.25) is 0 Å². The van der Waals surface area contributed by atoms with Gasteiger partial charge < -0.3 is 10.4 Å². The van der Waals surface area contributed by atoms with Crippen LogP contribution in [-0.2, 0) is 11.3 Å². The van der Waals surface area contributed by atoms with Crippen LogP contribution in [-0.4, -0.2) is 32.8 Å². The van der Waals surface area contributed by atoms with Crippen LogP contribution in [0.1, 0.15) is 25.7 Å². The molecular weight excluding hydrogens is 303 g/mol. The van der Waals surface area contributed by atoms with Crippen molar-refractivity contribution >= 4 is 11.8 Å². The predicted molar refractivity (Wildman–Crippen MR) is 71.6 cm³/mol. The normalized spacial score (nSPS) is 22.3. The van der Waals surface area contributed by atoms with E-state index in [0.717, 1.165) is 4.57 Å². The van der Waals surface area contributed by atoms with Crippen molar-refractivity contribution < 1.29 is 23.1 Å². The van der Waals surface area contributed by atoms with Gasteiger partial charge in [-0.05, 0) is 25.7 Å². The maximum atomic E-state index is 12.6. The fraction of sp³-hybridized carbons (Fsp3) is 0.615. The summed E-state index contributed by atoms with van der Waals surface area (Å²) < 4.78 is 38.8. The first-order chi connectivity index (χ1) is 10.3. The lowest BCUT2D eigenvalue weighted by molar-refractivity contribution is -0.182. The first-order valence-corrected chi connectivity index (χ1v) is 6.88. The SMILES string of the molecule is O=C(O)Cn1ccnc(NC2CCC(C(F)(F)F)CC2)c1=O. The quantitative estimate of drug-likeness (QED) is 0.885. The summed E-state index contributed by atoms with van der Waals surface area (Å²) >= 11 is 0. The highest BCUT2D eigenvalue weighted by Crippen LogP contribution is 2.37. The molecule has 1 aromatic rings. The molecule has 0 atom stereocenters. The Bertz CT molecular complexity index is 592. The smallest absolute Gasteiger partial charge is 0.391 e. The molecule has 2 N–H and O–H groups in total. The van der Waals surface area contributed by atoms with E-state index in [4.69, 9.17) is 5.11 Å². The lowest BCUT2D eigenvalue weighted by Gasteiger charge is -2.30. The molecule has 2 rings (SSSR count). The minimum atomic E-state index is -4.18. The number of carbonyl (C=O) groups is 1.